The Bertz CT molecular complexity index is 663. The van der Waals surface area contributed by atoms with Crippen LogP contribution in [0.2, 0.25) is 5.02 Å². The van der Waals surface area contributed by atoms with Gasteiger partial charge in [0.25, 0.3) is 5.91 Å². The second-order valence-electron chi connectivity index (χ2n) is 5.07. The number of nitrogen functional groups attached to an aromatic ring is 1. The first-order valence-electron chi connectivity index (χ1n) is 6.61. The number of hydrogen-bond acceptors (Lipinski definition) is 3. The van der Waals surface area contributed by atoms with E-state index in [4.69, 9.17) is 17.3 Å². The van der Waals surface area contributed by atoms with E-state index in [1.807, 2.05) is 0 Å². The molecule has 0 unspecified atom stereocenters. The number of carbonyl (C=O) groups is 1. The second kappa shape index (κ2) is 5.37. The number of benzene rings is 1. The largest absolute Gasteiger partial charge is 0.382 e. The van der Waals surface area contributed by atoms with Crippen molar-refractivity contribution < 1.29 is 9.18 Å². The van der Waals surface area contributed by atoms with Crippen LogP contribution in [0.3, 0.4) is 0 Å². The molecule has 1 amide bonds. The molecule has 0 saturated heterocycles. The maximum absolute atomic E-state index is 13.9. The summed E-state index contributed by atoms with van der Waals surface area (Å²) in [5, 5.41) is 6.65. The van der Waals surface area contributed by atoms with E-state index in [-0.39, 0.29) is 24.3 Å². The highest BCUT2D eigenvalue weighted by molar-refractivity contribution is 6.31. The number of nitrogens with zero attached hydrogens (tertiary/aromatic N) is 2. The predicted molar refractivity (Wildman–Crippen MR) is 77.3 cm³/mol. The average molecular weight is 309 g/mol. The number of rotatable bonds is 4. The molecule has 110 valence electrons. The molecule has 1 saturated carbocycles. The first-order chi connectivity index (χ1) is 10.1. The zero-order valence-electron chi connectivity index (χ0n) is 11.1. The summed E-state index contributed by atoms with van der Waals surface area (Å²) in [4.78, 5) is 14.1. The number of halogens is 2. The van der Waals surface area contributed by atoms with Crippen LogP contribution in [0, 0.1) is 5.82 Å². The lowest BCUT2D eigenvalue weighted by molar-refractivity contribution is 0.0722. The molecule has 1 aliphatic carbocycles. The first kappa shape index (κ1) is 13.9. The van der Waals surface area contributed by atoms with Gasteiger partial charge in [-0.25, -0.2) is 4.39 Å². The highest BCUT2D eigenvalue weighted by atomic mass is 35.5. The molecule has 0 spiro atoms. The molecule has 7 heteroatoms. The van der Waals surface area contributed by atoms with Crippen LogP contribution in [0.15, 0.2) is 24.3 Å². The normalized spacial score (nSPS) is 14.2. The standard InChI is InChI=1S/C14H14ClFN4O/c15-10-2-1-3-11(16)9(10)7-20(8-4-5-8)14(21)12-6-13(17)19-18-12/h1-3,6,8H,4-5,7H2,(H3,17,18,19). The molecule has 5 nitrogen and oxygen atoms in total. The van der Waals surface area contributed by atoms with Crippen molar-refractivity contribution in [2.24, 2.45) is 0 Å². The van der Waals surface area contributed by atoms with Crippen molar-refractivity contribution in [3.63, 3.8) is 0 Å². The Hall–Kier alpha value is -2.08. The summed E-state index contributed by atoms with van der Waals surface area (Å²) < 4.78 is 13.9. The lowest BCUT2D eigenvalue weighted by Gasteiger charge is -2.22. The summed E-state index contributed by atoms with van der Waals surface area (Å²) in [5.41, 5.74) is 6.14. The van der Waals surface area contributed by atoms with E-state index in [1.54, 1.807) is 17.0 Å². The van der Waals surface area contributed by atoms with Crippen LogP contribution in [0.4, 0.5) is 10.2 Å². The van der Waals surface area contributed by atoms with E-state index < -0.39 is 5.82 Å². The topological polar surface area (TPSA) is 75.0 Å². The van der Waals surface area contributed by atoms with Crippen LogP contribution in [0.5, 0.6) is 0 Å². The zero-order chi connectivity index (χ0) is 15.0. The molecular weight excluding hydrogens is 295 g/mol. The van der Waals surface area contributed by atoms with Gasteiger partial charge in [0.1, 0.15) is 17.3 Å². The van der Waals surface area contributed by atoms with Gasteiger partial charge in [-0.2, -0.15) is 5.10 Å². The van der Waals surface area contributed by atoms with Crippen LogP contribution >= 0.6 is 11.6 Å². The second-order valence-corrected chi connectivity index (χ2v) is 5.48. The first-order valence-corrected chi connectivity index (χ1v) is 6.99. The summed E-state index contributed by atoms with van der Waals surface area (Å²) in [6, 6.07) is 6.08. The minimum absolute atomic E-state index is 0.109. The molecule has 0 aliphatic heterocycles. The van der Waals surface area contributed by atoms with Gasteiger partial charge < -0.3 is 10.6 Å². The third-order valence-corrected chi connectivity index (χ3v) is 3.82. The fraction of sp³-hybridized carbons (Fsp3) is 0.286. The number of nitrogens with two attached hydrogens (primary N) is 1. The van der Waals surface area contributed by atoms with Gasteiger partial charge in [0.05, 0.1) is 6.54 Å². The Morgan fingerprint density at radius 3 is 2.86 bits per heavy atom. The fourth-order valence-electron chi connectivity index (χ4n) is 2.21. The van der Waals surface area contributed by atoms with E-state index >= 15 is 0 Å². The van der Waals surface area contributed by atoms with Gasteiger partial charge in [-0.05, 0) is 25.0 Å². The van der Waals surface area contributed by atoms with Gasteiger partial charge in [0.2, 0.25) is 0 Å². The molecule has 1 aromatic heterocycles. The number of amides is 1. The van der Waals surface area contributed by atoms with Crippen molar-refractivity contribution in [2.45, 2.75) is 25.4 Å². The number of hydrogen-bond donors (Lipinski definition) is 2. The van der Waals surface area contributed by atoms with E-state index in [0.29, 0.717) is 16.3 Å². The van der Waals surface area contributed by atoms with Gasteiger partial charge in [-0.3, -0.25) is 9.89 Å². The van der Waals surface area contributed by atoms with Crippen LogP contribution < -0.4 is 5.73 Å². The Labute approximate surface area is 125 Å². The van der Waals surface area contributed by atoms with E-state index in [2.05, 4.69) is 10.2 Å². The van der Waals surface area contributed by atoms with Gasteiger partial charge >= 0.3 is 0 Å². The lowest BCUT2D eigenvalue weighted by atomic mass is 10.2. The van der Waals surface area contributed by atoms with Crippen LogP contribution in [0.25, 0.3) is 0 Å². The summed E-state index contributed by atoms with van der Waals surface area (Å²) in [7, 11) is 0. The number of aromatic amines is 1. The van der Waals surface area contributed by atoms with Crippen molar-refractivity contribution in [1.29, 1.82) is 0 Å². The number of nitrogens with one attached hydrogen (secondary N) is 1. The third kappa shape index (κ3) is 2.85. The number of H-pyrrole nitrogens is 1. The Morgan fingerprint density at radius 1 is 1.52 bits per heavy atom. The van der Waals surface area contributed by atoms with Gasteiger partial charge in [-0.15, -0.1) is 0 Å². The van der Waals surface area contributed by atoms with Gasteiger partial charge in [0.15, 0.2) is 0 Å². The number of carbonyl (C=O) groups excluding carboxylic acids is 1. The van der Waals surface area contributed by atoms with Crippen molar-refractivity contribution in [1.82, 2.24) is 15.1 Å². The Balaban J connectivity index is 1.87. The van der Waals surface area contributed by atoms with E-state index in [0.717, 1.165) is 12.8 Å². The fourth-order valence-corrected chi connectivity index (χ4v) is 2.43. The third-order valence-electron chi connectivity index (χ3n) is 3.47. The Kier molecular flexibility index (Phi) is 3.55. The molecule has 1 fully saturated rings. The Morgan fingerprint density at radius 2 is 2.29 bits per heavy atom. The quantitative estimate of drug-likeness (QED) is 0.911. The SMILES string of the molecule is Nc1cc(C(=O)N(Cc2c(F)cccc2Cl)C2CC2)[nH]n1. The maximum atomic E-state index is 13.9. The van der Waals surface area contributed by atoms with Gasteiger partial charge in [-0.1, -0.05) is 17.7 Å². The summed E-state index contributed by atoms with van der Waals surface area (Å²) >= 11 is 6.04. The highest BCUT2D eigenvalue weighted by Gasteiger charge is 2.34. The average Bonchev–Trinajstić information content (AvgIpc) is 3.19. The smallest absolute Gasteiger partial charge is 0.272 e. The molecule has 1 heterocycles. The molecule has 21 heavy (non-hydrogen) atoms. The van der Waals surface area contributed by atoms with E-state index in [9.17, 15) is 9.18 Å². The molecular formula is C14H14ClFN4O. The molecule has 2 aromatic rings. The van der Waals surface area contributed by atoms with Crippen molar-refractivity contribution in [3.05, 3.63) is 46.4 Å². The van der Waals surface area contributed by atoms with Crippen LogP contribution in [0.1, 0.15) is 28.9 Å². The van der Waals surface area contributed by atoms with Crippen LogP contribution in [-0.2, 0) is 6.54 Å². The molecule has 3 N–H and O–H groups in total. The minimum Gasteiger partial charge on any atom is -0.382 e. The maximum Gasteiger partial charge on any atom is 0.272 e. The minimum atomic E-state index is -0.412. The number of anilines is 1. The highest BCUT2D eigenvalue weighted by Crippen LogP contribution is 2.31. The van der Waals surface area contributed by atoms with Gasteiger partial charge in [0, 0.05) is 22.7 Å². The molecule has 3 rings (SSSR count). The van der Waals surface area contributed by atoms with Crippen molar-refractivity contribution in [3.8, 4) is 0 Å². The monoisotopic (exact) mass is 308 g/mol. The number of aromatic nitrogens is 2. The van der Waals surface area contributed by atoms with Crippen molar-refractivity contribution >= 4 is 23.3 Å². The van der Waals surface area contributed by atoms with E-state index in [1.165, 1.54) is 12.1 Å². The molecule has 1 aliphatic rings. The van der Waals surface area contributed by atoms with Crippen molar-refractivity contribution in [2.75, 3.05) is 5.73 Å². The molecule has 0 radical (unpaired) electrons. The van der Waals surface area contributed by atoms with Crippen LogP contribution in [-0.4, -0.2) is 27.0 Å². The molecule has 1 aromatic carbocycles. The molecule has 0 atom stereocenters. The summed E-state index contributed by atoms with van der Waals surface area (Å²) in [6.45, 7) is 0.133. The summed E-state index contributed by atoms with van der Waals surface area (Å²) in [5.74, 6) is -0.413. The lowest BCUT2D eigenvalue weighted by Crippen LogP contribution is -2.33. The zero-order valence-corrected chi connectivity index (χ0v) is 11.9. The molecule has 0 bridgehead atoms. The summed E-state index contributed by atoms with van der Waals surface area (Å²) in [6.07, 6.45) is 1.81. The predicted octanol–water partition coefficient (Wildman–Crippen LogP) is 2.59.